The van der Waals surface area contributed by atoms with Gasteiger partial charge in [0.15, 0.2) is 0 Å². The Morgan fingerprint density at radius 1 is 1.00 bits per heavy atom. The molecule has 1 N–H and O–H groups in total. The van der Waals surface area contributed by atoms with Crippen molar-refractivity contribution in [1.82, 2.24) is 4.90 Å². The molecule has 0 radical (unpaired) electrons. The van der Waals surface area contributed by atoms with E-state index in [1.165, 1.54) is 16.0 Å². The Bertz CT molecular complexity index is 689. The van der Waals surface area contributed by atoms with Crippen LogP contribution in [0.25, 0.3) is 0 Å². The molecule has 3 aliphatic rings. The van der Waals surface area contributed by atoms with Gasteiger partial charge in [-0.05, 0) is 55.4 Å². The molecule has 0 spiro atoms. The molecular formula is C19H22N2O3. The fourth-order valence-corrected chi connectivity index (χ4v) is 4.38. The SMILES string of the molecule is O=C(CN1C(=O)[C@H]2CCCC[C@H]2C1=O)Nc1ccc2c(c1)CCC2. The number of benzene rings is 1. The average Bonchev–Trinajstić information content (AvgIpc) is 3.14. The third-order valence-electron chi connectivity index (χ3n) is 5.62. The molecule has 4 rings (SSSR count). The first-order valence-corrected chi connectivity index (χ1v) is 8.90. The van der Waals surface area contributed by atoms with Gasteiger partial charge < -0.3 is 5.32 Å². The zero-order valence-corrected chi connectivity index (χ0v) is 13.7. The molecular weight excluding hydrogens is 304 g/mol. The number of likely N-dealkylation sites (tertiary alicyclic amines) is 1. The van der Waals surface area contributed by atoms with E-state index in [4.69, 9.17) is 0 Å². The van der Waals surface area contributed by atoms with Crippen LogP contribution in [0.3, 0.4) is 0 Å². The number of nitrogens with one attached hydrogen (secondary N) is 1. The Morgan fingerprint density at radius 2 is 1.67 bits per heavy atom. The van der Waals surface area contributed by atoms with E-state index in [1.54, 1.807) is 0 Å². The Kier molecular flexibility index (Phi) is 3.87. The lowest BCUT2D eigenvalue weighted by molar-refractivity contribution is -0.142. The zero-order valence-electron chi connectivity index (χ0n) is 13.7. The summed E-state index contributed by atoms with van der Waals surface area (Å²) in [5.74, 6) is -1.01. The lowest BCUT2D eigenvalue weighted by Crippen LogP contribution is -2.38. The van der Waals surface area contributed by atoms with Gasteiger partial charge >= 0.3 is 0 Å². The van der Waals surface area contributed by atoms with Gasteiger partial charge in [0.1, 0.15) is 6.54 Å². The molecule has 0 bridgehead atoms. The minimum atomic E-state index is -0.298. The van der Waals surface area contributed by atoms with Gasteiger partial charge in [-0.15, -0.1) is 0 Å². The first-order chi connectivity index (χ1) is 11.6. The second-order valence-electron chi connectivity index (χ2n) is 7.15. The molecule has 1 saturated carbocycles. The van der Waals surface area contributed by atoms with Gasteiger partial charge in [-0.3, -0.25) is 19.3 Å². The summed E-state index contributed by atoms with van der Waals surface area (Å²) in [6, 6.07) is 5.96. The summed E-state index contributed by atoms with van der Waals surface area (Å²) in [6.07, 6.45) is 6.85. The highest BCUT2D eigenvalue weighted by atomic mass is 16.2. The number of aryl methyl sites for hydroxylation is 2. The Morgan fingerprint density at radius 3 is 2.38 bits per heavy atom. The van der Waals surface area contributed by atoms with Gasteiger partial charge in [0.2, 0.25) is 17.7 Å². The molecule has 126 valence electrons. The maximum Gasteiger partial charge on any atom is 0.244 e. The molecule has 5 heteroatoms. The van der Waals surface area contributed by atoms with Crippen LogP contribution in [0, 0.1) is 11.8 Å². The lowest BCUT2D eigenvalue weighted by Gasteiger charge is -2.19. The van der Waals surface area contributed by atoms with Gasteiger partial charge in [0, 0.05) is 5.69 Å². The highest BCUT2D eigenvalue weighted by molar-refractivity contribution is 6.08. The fourth-order valence-electron chi connectivity index (χ4n) is 4.38. The van der Waals surface area contributed by atoms with E-state index in [2.05, 4.69) is 11.4 Å². The molecule has 1 aromatic carbocycles. The van der Waals surface area contributed by atoms with Crippen LogP contribution in [-0.4, -0.2) is 29.2 Å². The molecule has 24 heavy (non-hydrogen) atoms. The molecule has 1 saturated heterocycles. The monoisotopic (exact) mass is 326 g/mol. The van der Waals surface area contributed by atoms with Crippen molar-refractivity contribution in [2.45, 2.75) is 44.9 Å². The minimum absolute atomic E-state index is 0.159. The molecule has 5 nitrogen and oxygen atoms in total. The number of fused-ring (bicyclic) bond motifs is 2. The molecule has 0 aromatic heterocycles. The third-order valence-corrected chi connectivity index (χ3v) is 5.62. The van der Waals surface area contributed by atoms with Crippen molar-refractivity contribution in [3.63, 3.8) is 0 Å². The zero-order chi connectivity index (χ0) is 16.7. The summed E-state index contributed by atoms with van der Waals surface area (Å²) in [5, 5.41) is 2.84. The second-order valence-corrected chi connectivity index (χ2v) is 7.15. The smallest absolute Gasteiger partial charge is 0.244 e. The Hall–Kier alpha value is -2.17. The number of nitrogens with zero attached hydrogens (tertiary/aromatic N) is 1. The van der Waals surface area contributed by atoms with E-state index in [0.717, 1.165) is 50.6 Å². The topological polar surface area (TPSA) is 66.5 Å². The molecule has 1 heterocycles. The number of carbonyl (C=O) groups is 3. The van der Waals surface area contributed by atoms with Crippen LogP contribution in [-0.2, 0) is 27.2 Å². The second kappa shape index (κ2) is 6.04. The van der Waals surface area contributed by atoms with Crippen molar-refractivity contribution in [2.75, 3.05) is 11.9 Å². The molecule has 2 atom stereocenters. The van der Waals surface area contributed by atoms with Gasteiger partial charge in [-0.25, -0.2) is 0 Å². The molecule has 0 unspecified atom stereocenters. The molecule has 3 amide bonds. The van der Waals surface area contributed by atoms with Crippen LogP contribution in [0.15, 0.2) is 18.2 Å². The normalized spacial score (nSPS) is 25.6. The predicted octanol–water partition coefficient (Wildman–Crippen LogP) is 2.29. The highest BCUT2D eigenvalue weighted by Gasteiger charge is 2.48. The summed E-state index contributed by atoms with van der Waals surface area (Å²) in [4.78, 5) is 38.3. The average molecular weight is 326 g/mol. The number of anilines is 1. The summed E-state index contributed by atoms with van der Waals surface area (Å²) in [5.41, 5.74) is 3.38. The number of rotatable bonds is 3. The van der Waals surface area contributed by atoms with E-state index in [1.807, 2.05) is 12.1 Å². The quantitative estimate of drug-likeness (QED) is 0.867. The van der Waals surface area contributed by atoms with E-state index < -0.39 is 0 Å². The van der Waals surface area contributed by atoms with Crippen molar-refractivity contribution < 1.29 is 14.4 Å². The van der Waals surface area contributed by atoms with E-state index in [-0.39, 0.29) is 36.1 Å². The van der Waals surface area contributed by atoms with Crippen LogP contribution in [0.2, 0.25) is 0 Å². The van der Waals surface area contributed by atoms with Gasteiger partial charge in [0.05, 0.1) is 11.8 Å². The van der Waals surface area contributed by atoms with Crippen LogP contribution in [0.5, 0.6) is 0 Å². The number of amides is 3. The van der Waals surface area contributed by atoms with Crippen LogP contribution in [0.1, 0.15) is 43.2 Å². The van der Waals surface area contributed by atoms with Crippen LogP contribution in [0.4, 0.5) is 5.69 Å². The van der Waals surface area contributed by atoms with Crippen molar-refractivity contribution in [3.8, 4) is 0 Å². The molecule has 1 aliphatic heterocycles. The van der Waals surface area contributed by atoms with E-state index in [9.17, 15) is 14.4 Å². The standard InChI is InChI=1S/C19H22N2O3/c22-17(20-14-9-8-12-4-3-5-13(12)10-14)11-21-18(23)15-6-1-2-7-16(15)19(21)24/h8-10,15-16H,1-7,11H2,(H,20,22)/t15-,16+. The predicted molar refractivity (Wildman–Crippen MR) is 89.3 cm³/mol. The number of carbonyl (C=O) groups excluding carboxylic acids is 3. The Balaban J connectivity index is 1.42. The van der Waals surface area contributed by atoms with Crippen molar-refractivity contribution >= 4 is 23.4 Å². The number of hydrogen-bond acceptors (Lipinski definition) is 3. The third kappa shape index (κ3) is 2.62. The van der Waals surface area contributed by atoms with Gasteiger partial charge in [-0.1, -0.05) is 18.9 Å². The van der Waals surface area contributed by atoms with Gasteiger partial charge in [-0.2, -0.15) is 0 Å². The first kappa shape index (κ1) is 15.4. The fraction of sp³-hybridized carbons (Fsp3) is 0.526. The summed E-state index contributed by atoms with van der Waals surface area (Å²) >= 11 is 0. The lowest BCUT2D eigenvalue weighted by atomic mass is 9.81. The van der Waals surface area contributed by atoms with Crippen LogP contribution >= 0.6 is 0 Å². The van der Waals surface area contributed by atoms with Crippen molar-refractivity contribution in [2.24, 2.45) is 11.8 Å². The highest BCUT2D eigenvalue weighted by Crippen LogP contribution is 2.37. The van der Waals surface area contributed by atoms with Crippen molar-refractivity contribution in [1.29, 1.82) is 0 Å². The molecule has 2 aliphatic carbocycles. The first-order valence-electron chi connectivity index (χ1n) is 8.90. The van der Waals surface area contributed by atoms with E-state index in [0.29, 0.717) is 0 Å². The summed E-state index contributed by atoms with van der Waals surface area (Å²) in [7, 11) is 0. The summed E-state index contributed by atoms with van der Waals surface area (Å²) in [6.45, 7) is -0.165. The molecule has 1 aromatic rings. The van der Waals surface area contributed by atoms with E-state index >= 15 is 0 Å². The number of imide groups is 1. The Labute approximate surface area is 141 Å². The van der Waals surface area contributed by atoms with Crippen LogP contribution < -0.4 is 5.32 Å². The van der Waals surface area contributed by atoms with Gasteiger partial charge in [0.25, 0.3) is 0 Å². The largest absolute Gasteiger partial charge is 0.325 e. The number of hydrogen-bond donors (Lipinski definition) is 1. The summed E-state index contributed by atoms with van der Waals surface area (Å²) < 4.78 is 0. The minimum Gasteiger partial charge on any atom is -0.325 e. The molecule has 2 fully saturated rings. The maximum absolute atomic E-state index is 12.4. The maximum atomic E-state index is 12.4. The van der Waals surface area contributed by atoms with Crippen molar-refractivity contribution in [3.05, 3.63) is 29.3 Å².